The molecule has 0 amide bonds. The molecular weight excluding hydrogens is 320 g/mol. The molecule has 0 spiro atoms. The Bertz CT molecular complexity index is 715. The molecule has 0 aliphatic carbocycles. The van der Waals surface area contributed by atoms with Gasteiger partial charge in [0.05, 0.1) is 12.2 Å². The number of benzene rings is 2. The van der Waals surface area contributed by atoms with Crippen LogP contribution in [0.4, 0.5) is 5.69 Å². The highest BCUT2D eigenvalue weighted by Gasteiger charge is 2.26. The fraction of sp³-hybridized carbons (Fsp3) is 0.478. The fourth-order valence-electron chi connectivity index (χ4n) is 4.31. The molecule has 2 aromatic carbocycles. The van der Waals surface area contributed by atoms with Crippen molar-refractivity contribution in [1.29, 1.82) is 0 Å². The van der Waals surface area contributed by atoms with Crippen molar-refractivity contribution < 1.29 is 4.74 Å². The van der Waals surface area contributed by atoms with E-state index in [1.165, 1.54) is 41.8 Å². The highest BCUT2D eigenvalue weighted by atomic mass is 16.5. The second-order valence-corrected chi connectivity index (χ2v) is 7.51. The SMILES string of the molecule is CCN1CCCc2cc(CNC[C@@H]3CC[C@@H](c4ccccc4)O3)ccc21. The minimum absolute atomic E-state index is 0.270. The third kappa shape index (κ3) is 3.94. The molecule has 2 atom stereocenters. The lowest BCUT2D eigenvalue weighted by atomic mass is 9.99. The topological polar surface area (TPSA) is 24.5 Å². The van der Waals surface area contributed by atoms with E-state index in [9.17, 15) is 0 Å². The van der Waals surface area contributed by atoms with Crippen LogP contribution in [0.2, 0.25) is 0 Å². The number of hydrogen-bond donors (Lipinski definition) is 1. The molecule has 0 bridgehead atoms. The summed E-state index contributed by atoms with van der Waals surface area (Å²) in [6.45, 7) is 6.40. The van der Waals surface area contributed by atoms with Crippen molar-refractivity contribution in [2.24, 2.45) is 0 Å². The van der Waals surface area contributed by atoms with Crippen LogP contribution < -0.4 is 10.2 Å². The third-order valence-corrected chi connectivity index (χ3v) is 5.72. The standard InChI is InChI=1S/C23H30N2O/c1-2-25-14-6-9-20-15-18(10-12-22(20)25)16-24-17-21-11-13-23(26-21)19-7-4-3-5-8-19/h3-5,7-8,10,12,15,21,23-24H,2,6,9,11,13-14,16-17H2,1H3/t21-,23-/m0/s1. The molecule has 2 aromatic rings. The number of anilines is 1. The predicted molar refractivity (Wildman–Crippen MR) is 108 cm³/mol. The first kappa shape index (κ1) is 17.6. The van der Waals surface area contributed by atoms with E-state index in [0.29, 0.717) is 6.10 Å². The fourth-order valence-corrected chi connectivity index (χ4v) is 4.31. The van der Waals surface area contributed by atoms with Crippen molar-refractivity contribution in [3.63, 3.8) is 0 Å². The van der Waals surface area contributed by atoms with Crippen LogP contribution in [0.5, 0.6) is 0 Å². The Balaban J connectivity index is 1.28. The predicted octanol–water partition coefficient (Wildman–Crippen LogP) is 4.47. The molecule has 3 nitrogen and oxygen atoms in total. The zero-order chi connectivity index (χ0) is 17.8. The molecule has 2 heterocycles. The van der Waals surface area contributed by atoms with E-state index >= 15 is 0 Å². The first-order valence-electron chi connectivity index (χ1n) is 10.1. The summed E-state index contributed by atoms with van der Waals surface area (Å²) in [5, 5.41) is 3.61. The summed E-state index contributed by atoms with van der Waals surface area (Å²) in [5.74, 6) is 0. The molecule has 1 N–H and O–H groups in total. The Kier molecular flexibility index (Phi) is 5.57. The lowest BCUT2D eigenvalue weighted by Gasteiger charge is -2.30. The summed E-state index contributed by atoms with van der Waals surface area (Å²) in [7, 11) is 0. The molecule has 4 rings (SSSR count). The van der Waals surface area contributed by atoms with Crippen LogP contribution in [-0.2, 0) is 17.7 Å². The summed E-state index contributed by atoms with van der Waals surface area (Å²) < 4.78 is 6.24. The molecule has 138 valence electrons. The zero-order valence-electron chi connectivity index (χ0n) is 15.8. The molecule has 0 unspecified atom stereocenters. The number of nitrogens with zero attached hydrogens (tertiary/aromatic N) is 1. The van der Waals surface area contributed by atoms with E-state index in [0.717, 1.165) is 32.5 Å². The Morgan fingerprint density at radius 2 is 2.00 bits per heavy atom. The van der Waals surface area contributed by atoms with Crippen LogP contribution in [0, 0.1) is 0 Å². The molecule has 3 heteroatoms. The highest BCUT2D eigenvalue weighted by molar-refractivity contribution is 5.56. The summed E-state index contributed by atoms with van der Waals surface area (Å²) in [4.78, 5) is 2.49. The van der Waals surface area contributed by atoms with E-state index in [1.807, 2.05) is 0 Å². The number of fused-ring (bicyclic) bond motifs is 1. The van der Waals surface area contributed by atoms with Crippen molar-refractivity contribution in [2.75, 3.05) is 24.5 Å². The molecular formula is C23H30N2O. The summed E-state index contributed by atoms with van der Waals surface area (Å²) in [5.41, 5.74) is 5.65. The van der Waals surface area contributed by atoms with Crippen molar-refractivity contribution in [3.05, 3.63) is 65.2 Å². The largest absolute Gasteiger partial charge is 0.372 e. The van der Waals surface area contributed by atoms with Crippen molar-refractivity contribution in [3.8, 4) is 0 Å². The van der Waals surface area contributed by atoms with Gasteiger partial charge in [0.15, 0.2) is 0 Å². The minimum atomic E-state index is 0.270. The maximum atomic E-state index is 6.24. The Morgan fingerprint density at radius 3 is 2.85 bits per heavy atom. The number of ether oxygens (including phenoxy) is 1. The van der Waals surface area contributed by atoms with Gasteiger partial charge in [-0.2, -0.15) is 0 Å². The van der Waals surface area contributed by atoms with Gasteiger partial charge in [-0.1, -0.05) is 42.5 Å². The second kappa shape index (κ2) is 8.24. The quantitative estimate of drug-likeness (QED) is 0.832. The van der Waals surface area contributed by atoms with E-state index in [-0.39, 0.29) is 6.10 Å². The Morgan fingerprint density at radius 1 is 1.12 bits per heavy atom. The van der Waals surface area contributed by atoms with Crippen LogP contribution in [0.15, 0.2) is 48.5 Å². The molecule has 1 fully saturated rings. The lowest BCUT2D eigenvalue weighted by molar-refractivity contribution is 0.0448. The van der Waals surface area contributed by atoms with E-state index in [2.05, 4.69) is 65.7 Å². The van der Waals surface area contributed by atoms with E-state index in [4.69, 9.17) is 4.74 Å². The Labute approximate surface area is 157 Å². The number of aryl methyl sites for hydroxylation is 1. The number of hydrogen-bond acceptors (Lipinski definition) is 3. The molecule has 0 saturated carbocycles. The average Bonchev–Trinajstić information content (AvgIpc) is 3.17. The third-order valence-electron chi connectivity index (χ3n) is 5.72. The van der Waals surface area contributed by atoms with Crippen LogP contribution >= 0.6 is 0 Å². The number of nitrogens with one attached hydrogen (secondary N) is 1. The van der Waals surface area contributed by atoms with Crippen molar-refractivity contribution >= 4 is 5.69 Å². The van der Waals surface area contributed by atoms with Gasteiger partial charge in [0.2, 0.25) is 0 Å². The molecule has 1 saturated heterocycles. The molecule has 26 heavy (non-hydrogen) atoms. The van der Waals surface area contributed by atoms with Gasteiger partial charge < -0.3 is 15.0 Å². The molecule has 0 radical (unpaired) electrons. The van der Waals surface area contributed by atoms with Gasteiger partial charge in [-0.15, -0.1) is 0 Å². The Hall–Kier alpha value is -1.84. The maximum absolute atomic E-state index is 6.24. The normalized spacial score (nSPS) is 22.4. The summed E-state index contributed by atoms with van der Waals surface area (Å²) in [6, 6.07) is 17.6. The molecule has 0 aromatic heterocycles. The summed E-state index contributed by atoms with van der Waals surface area (Å²) >= 11 is 0. The molecule has 2 aliphatic rings. The van der Waals surface area contributed by atoms with E-state index < -0.39 is 0 Å². The number of rotatable bonds is 6. The first-order valence-corrected chi connectivity index (χ1v) is 10.1. The van der Waals surface area contributed by atoms with Gasteiger partial charge in [0.1, 0.15) is 0 Å². The first-order chi connectivity index (χ1) is 12.8. The van der Waals surface area contributed by atoms with Gasteiger partial charge in [-0.3, -0.25) is 0 Å². The zero-order valence-corrected chi connectivity index (χ0v) is 15.8. The van der Waals surface area contributed by atoms with Crippen LogP contribution in [0.1, 0.15) is 49.0 Å². The van der Waals surface area contributed by atoms with Crippen LogP contribution in [-0.4, -0.2) is 25.7 Å². The van der Waals surface area contributed by atoms with Crippen molar-refractivity contribution in [1.82, 2.24) is 5.32 Å². The van der Waals surface area contributed by atoms with Crippen LogP contribution in [0.3, 0.4) is 0 Å². The van der Waals surface area contributed by atoms with Gasteiger partial charge in [0, 0.05) is 31.9 Å². The smallest absolute Gasteiger partial charge is 0.0830 e. The lowest BCUT2D eigenvalue weighted by Crippen LogP contribution is -2.29. The van der Waals surface area contributed by atoms with Gasteiger partial charge in [-0.05, 0) is 55.4 Å². The average molecular weight is 351 g/mol. The van der Waals surface area contributed by atoms with Gasteiger partial charge >= 0.3 is 0 Å². The van der Waals surface area contributed by atoms with Crippen LogP contribution in [0.25, 0.3) is 0 Å². The van der Waals surface area contributed by atoms with Gasteiger partial charge in [0.25, 0.3) is 0 Å². The maximum Gasteiger partial charge on any atom is 0.0830 e. The van der Waals surface area contributed by atoms with Gasteiger partial charge in [-0.25, -0.2) is 0 Å². The minimum Gasteiger partial charge on any atom is -0.372 e. The summed E-state index contributed by atoms with van der Waals surface area (Å²) in [6.07, 6.45) is 5.35. The van der Waals surface area contributed by atoms with Crippen molar-refractivity contribution in [2.45, 2.75) is 51.4 Å². The highest BCUT2D eigenvalue weighted by Crippen LogP contribution is 2.32. The monoisotopic (exact) mass is 350 g/mol. The second-order valence-electron chi connectivity index (χ2n) is 7.51. The van der Waals surface area contributed by atoms with E-state index in [1.54, 1.807) is 0 Å². The molecule has 2 aliphatic heterocycles.